The lowest BCUT2D eigenvalue weighted by Gasteiger charge is -2.27. The number of anilines is 1. The molecule has 2 N–H and O–H groups in total. The van der Waals surface area contributed by atoms with Crippen LogP contribution in [0, 0.1) is 5.41 Å². The Hall–Kier alpha value is -1.58. The Labute approximate surface area is 121 Å². The summed E-state index contributed by atoms with van der Waals surface area (Å²) in [6.45, 7) is 7.47. The fourth-order valence-corrected chi connectivity index (χ4v) is 2.73. The zero-order chi connectivity index (χ0) is 14.6. The van der Waals surface area contributed by atoms with E-state index < -0.39 is 0 Å². The molecule has 0 aliphatic heterocycles. The summed E-state index contributed by atoms with van der Waals surface area (Å²) in [7, 11) is 0. The normalized spacial score (nSPS) is 20.6. The van der Waals surface area contributed by atoms with E-state index in [1.165, 1.54) is 12.8 Å². The number of hydrogen-bond acceptors (Lipinski definition) is 3. The fraction of sp³-hybridized carbons (Fsp3) is 0.625. The highest BCUT2D eigenvalue weighted by Gasteiger charge is 2.35. The predicted molar refractivity (Wildman–Crippen MR) is 81.9 cm³/mol. The highest BCUT2D eigenvalue weighted by Crippen LogP contribution is 2.37. The molecule has 0 bridgehead atoms. The van der Waals surface area contributed by atoms with Crippen LogP contribution < -0.4 is 10.6 Å². The SMILES string of the molecule is CCCNc1ccc(C(=O)NC2CCCC2(C)C)nc1. The van der Waals surface area contributed by atoms with Gasteiger partial charge in [0.05, 0.1) is 11.9 Å². The van der Waals surface area contributed by atoms with Gasteiger partial charge in [-0.2, -0.15) is 0 Å². The monoisotopic (exact) mass is 275 g/mol. The van der Waals surface area contributed by atoms with Crippen LogP contribution in [0.15, 0.2) is 18.3 Å². The van der Waals surface area contributed by atoms with Gasteiger partial charge in [-0.1, -0.05) is 27.2 Å². The molecule has 0 spiro atoms. The van der Waals surface area contributed by atoms with Gasteiger partial charge in [0.15, 0.2) is 0 Å². The van der Waals surface area contributed by atoms with Gasteiger partial charge >= 0.3 is 0 Å². The first-order chi connectivity index (χ1) is 9.53. The van der Waals surface area contributed by atoms with Gasteiger partial charge in [0.2, 0.25) is 0 Å². The lowest BCUT2D eigenvalue weighted by Crippen LogP contribution is -2.41. The Morgan fingerprint density at radius 1 is 1.45 bits per heavy atom. The van der Waals surface area contributed by atoms with E-state index in [9.17, 15) is 4.79 Å². The van der Waals surface area contributed by atoms with Gasteiger partial charge in [-0.05, 0) is 36.8 Å². The van der Waals surface area contributed by atoms with Crippen molar-refractivity contribution in [3.63, 3.8) is 0 Å². The third kappa shape index (κ3) is 3.50. The molecule has 1 unspecified atom stereocenters. The van der Waals surface area contributed by atoms with Gasteiger partial charge in [0.25, 0.3) is 5.91 Å². The van der Waals surface area contributed by atoms with Crippen molar-refractivity contribution in [3.05, 3.63) is 24.0 Å². The first kappa shape index (κ1) is 14.8. The average Bonchev–Trinajstić information content (AvgIpc) is 2.76. The Bertz CT molecular complexity index is 453. The quantitative estimate of drug-likeness (QED) is 0.867. The van der Waals surface area contributed by atoms with Crippen LogP contribution in [0.5, 0.6) is 0 Å². The Morgan fingerprint density at radius 3 is 2.80 bits per heavy atom. The Balaban J connectivity index is 1.95. The number of amides is 1. The van der Waals surface area contributed by atoms with E-state index in [-0.39, 0.29) is 17.4 Å². The highest BCUT2D eigenvalue weighted by atomic mass is 16.1. The van der Waals surface area contributed by atoms with Gasteiger partial charge in [-0.3, -0.25) is 4.79 Å². The standard InChI is InChI=1S/C16H25N3O/c1-4-10-17-12-7-8-13(18-11-12)15(20)19-14-6-5-9-16(14,2)3/h7-8,11,14,17H,4-6,9-10H2,1-3H3,(H,19,20). The second-order valence-corrected chi connectivity index (χ2v) is 6.27. The van der Waals surface area contributed by atoms with Crippen molar-refractivity contribution >= 4 is 11.6 Å². The zero-order valence-corrected chi connectivity index (χ0v) is 12.7. The van der Waals surface area contributed by atoms with E-state index in [4.69, 9.17) is 0 Å². The van der Waals surface area contributed by atoms with Crippen molar-refractivity contribution in [1.29, 1.82) is 0 Å². The van der Waals surface area contributed by atoms with E-state index >= 15 is 0 Å². The molecular weight excluding hydrogens is 250 g/mol. The molecule has 20 heavy (non-hydrogen) atoms. The minimum atomic E-state index is -0.0629. The number of carbonyl (C=O) groups excluding carboxylic acids is 1. The van der Waals surface area contributed by atoms with E-state index in [0.29, 0.717) is 5.69 Å². The Kier molecular flexibility index (Phi) is 4.63. The Morgan fingerprint density at radius 2 is 2.25 bits per heavy atom. The molecule has 1 aromatic heterocycles. The first-order valence-corrected chi connectivity index (χ1v) is 7.54. The summed E-state index contributed by atoms with van der Waals surface area (Å²) in [5.41, 5.74) is 1.65. The predicted octanol–water partition coefficient (Wildman–Crippen LogP) is 3.21. The number of aromatic nitrogens is 1. The number of nitrogens with one attached hydrogen (secondary N) is 2. The molecule has 1 amide bonds. The summed E-state index contributed by atoms with van der Waals surface area (Å²) in [6.07, 6.45) is 6.22. The summed E-state index contributed by atoms with van der Waals surface area (Å²) in [6, 6.07) is 3.96. The van der Waals surface area contributed by atoms with Crippen molar-refractivity contribution in [2.45, 2.75) is 52.5 Å². The maximum atomic E-state index is 12.2. The molecule has 0 radical (unpaired) electrons. The van der Waals surface area contributed by atoms with Gasteiger partial charge in [0.1, 0.15) is 5.69 Å². The average molecular weight is 275 g/mol. The molecule has 1 aromatic rings. The summed E-state index contributed by atoms with van der Waals surface area (Å²) in [5.74, 6) is -0.0629. The van der Waals surface area contributed by atoms with Crippen LogP contribution in [0.1, 0.15) is 56.9 Å². The van der Waals surface area contributed by atoms with E-state index in [1.54, 1.807) is 12.3 Å². The minimum absolute atomic E-state index is 0.0629. The van der Waals surface area contributed by atoms with Crippen LogP contribution in [0.4, 0.5) is 5.69 Å². The molecular formula is C16H25N3O. The van der Waals surface area contributed by atoms with Crippen LogP contribution in [0.25, 0.3) is 0 Å². The largest absolute Gasteiger partial charge is 0.384 e. The lowest BCUT2D eigenvalue weighted by atomic mass is 9.87. The zero-order valence-electron chi connectivity index (χ0n) is 12.7. The fourth-order valence-electron chi connectivity index (χ4n) is 2.73. The van der Waals surface area contributed by atoms with Gasteiger partial charge in [-0.15, -0.1) is 0 Å². The molecule has 110 valence electrons. The van der Waals surface area contributed by atoms with Crippen molar-refractivity contribution in [2.24, 2.45) is 5.41 Å². The molecule has 0 aromatic carbocycles. The molecule has 1 fully saturated rings. The summed E-state index contributed by atoms with van der Waals surface area (Å²) in [4.78, 5) is 16.5. The number of pyridine rings is 1. The van der Waals surface area contributed by atoms with Crippen molar-refractivity contribution in [3.8, 4) is 0 Å². The maximum Gasteiger partial charge on any atom is 0.270 e. The summed E-state index contributed by atoms with van der Waals surface area (Å²) in [5, 5.41) is 6.38. The number of nitrogens with zero attached hydrogens (tertiary/aromatic N) is 1. The third-order valence-corrected chi connectivity index (χ3v) is 4.14. The number of hydrogen-bond donors (Lipinski definition) is 2. The maximum absolute atomic E-state index is 12.2. The summed E-state index contributed by atoms with van der Waals surface area (Å²) >= 11 is 0. The molecule has 1 aliphatic rings. The highest BCUT2D eigenvalue weighted by molar-refractivity contribution is 5.92. The van der Waals surface area contributed by atoms with Crippen LogP contribution in [0.2, 0.25) is 0 Å². The van der Waals surface area contributed by atoms with Crippen molar-refractivity contribution < 1.29 is 4.79 Å². The number of carbonyl (C=O) groups is 1. The molecule has 1 aliphatic carbocycles. The first-order valence-electron chi connectivity index (χ1n) is 7.54. The lowest BCUT2D eigenvalue weighted by molar-refractivity contribution is 0.0905. The molecule has 1 atom stereocenters. The van der Waals surface area contributed by atoms with Crippen molar-refractivity contribution in [2.75, 3.05) is 11.9 Å². The minimum Gasteiger partial charge on any atom is -0.384 e. The topological polar surface area (TPSA) is 54.0 Å². The van der Waals surface area contributed by atoms with E-state index in [2.05, 4.69) is 36.4 Å². The van der Waals surface area contributed by atoms with Crippen LogP contribution in [-0.4, -0.2) is 23.5 Å². The second-order valence-electron chi connectivity index (χ2n) is 6.27. The molecule has 2 rings (SSSR count). The van der Waals surface area contributed by atoms with Crippen LogP contribution >= 0.6 is 0 Å². The summed E-state index contributed by atoms with van der Waals surface area (Å²) < 4.78 is 0. The van der Waals surface area contributed by atoms with E-state index in [1.807, 2.05) is 6.07 Å². The van der Waals surface area contributed by atoms with Gasteiger partial charge < -0.3 is 10.6 Å². The molecule has 4 heteroatoms. The molecule has 0 saturated heterocycles. The number of rotatable bonds is 5. The van der Waals surface area contributed by atoms with Gasteiger partial charge in [-0.25, -0.2) is 4.98 Å². The van der Waals surface area contributed by atoms with Crippen molar-refractivity contribution in [1.82, 2.24) is 10.3 Å². The van der Waals surface area contributed by atoms with E-state index in [0.717, 1.165) is 25.1 Å². The van der Waals surface area contributed by atoms with Crippen LogP contribution in [-0.2, 0) is 0 Å². The second kappa shape index (κ2) is 6.25. The molecule has 1 heterocycles. The molecule has 1 saturated carbocycles. The third-order valence-electron chi connectivity index (χ3n) is 4.14. The molecule has 4 nitrogen and oxygen atoms in total. The van der Waals surface area contributed by atoms with Gasteiger partial charge in [0, 0.05) is 12.6 Å². The smallest absolute Gasteiger partial charge is 0.270 e. The van der Waals surface area contributed by atoms with Crippen LogP contribution in [0.3, 0.4) is 0 Å².